The van der Waals surface area contributed by atoms with Gasteiger partial charge in [0.05, 0.1) is 25.3 Å². The Morgan fingerprint density at radius 3 is 2.65 bits per heavy atom. The number of hydrogen-bond donors (Lipinski definition) is 2. The van der Waals surface area contributed by atoms with Crippen molar-refractivity contribution in [2.24, 2.45) is 5.41 Å². The van der Waals surface area contributed by atoms with Crippen molar-refractivity contribution in [3.05, 3.63) is 18.0 Å². The Morgan fingerprint density at radius 2 is 2.10 bits per heavy atom. The zero-order valence-corrected chi connectivity index (χ0v) is 11.8. The van der Waals surface area contributed by atoms with Crippen LogP contribution in [0.25, 0.3) is 0 Å². The van der Waals surface area contributed by atoms with Gasteiger partial charge >= 0.3 is 5.97 Å². The molecule has 1 fully saturated rings. The minimum Gasteiger partial charge on any atom is -0.493 e. The van der Waals surface area contributed by atoms with E-state index in [0.29, 0.717) is 49.5 Å². The largest absolute Gasteiger partial charge is 0.493 e. The van der Waals surface area contributed by atoms with Crippen LogP contribution >= 0.6 is 0 Å². The summed E-state index contributed by atoms with van der Waals surface area (Å²) in [6.45, 7) is 1.41. The first-order chi connectivity index (χ1) is 9.63. The van der Waals surface area contributed by atoms with E-state index in [1.165, 1.54) is 0 Å². The van der Waals surface area contributed by atoms with Crippen molar-refractivity contribution in [1.29, 1.82) is 0 Å². The summed E-state index contributed by atoms with van der Waals surface area (Å²) in [7, 11) is 3.10. The van der Waals surface area contributed by atoms with E-state index in [0.717, 1.165) is 0 Å². The Labute approximate surface area is 118 Å². The molecule has 1 saturated heterocycles. The standard InChI is InChI=1S/C14H20N2O4/c1-19-11-3-6-16-10(12(11)20-2)9-14(13(17)18)4-7-15-8-5-14/h3,6,15H,4-5,7-9H2,1-2H3,(H,17,18). The maximum atomic E-state index is 11.7. The second kappa shape index (κ2) is 6.09. The van der Waals surface area contributed by atoms with Gasteiger partial charge in [-0.05, 0) is 25.9 Å². The molecular formula is C14H20N2O4. The lowest BCUT2D eigenvalue weighted by Crippen LogP contribution is -2.43. The molecule has 1 aliphatic heterocycles. The molecule has 6 nitrogen and oxygen atoms in total. The number of nitrogens with zero attached hydrogens (tertiary/aromatic N) is 1. The van der Waals surface area contributed by atoms with Crippen LogP contribution in [0.5, 0.6) is 11.5 Å². The lowest BCUT2D eigenvalue weighted by atomic mass is 9.75. The lowest BCUT2D eigenvalue weighted by Gasteiger charge is -2.33. The normalized spacial score (nSPS) is 17.5. The van der Waals surface area contributed by atoms with Crippen molar-refractivity contribution in [3.63, 3.8) is 0 Å². The van der Waals surface area contributed by atoms with E-state index in [4.69, 9.17) is 9.47 Å². The maximum Gasteiger partial charge on any atom is 0.310 e. The molecule has 0 unspecified atom stereocenters. The molecule has 20 heavy (non-hydrogen) atoms. The van der Waals surface area contributed by atoms with Crippen molar-refractivity contribution in [2.75, 3.05) is 27.3 Å². The molecule has 1 aliphatic rings. The van der Waals surface area contributed by atoms with E-state index < -0.39 is 11.4 Å². The Balaban J connectivity index is 2.34. The minimum atomic E-state index is -0.780. The van der Waals surface area contributed by atoms with Crippen LogP contribution in [0, 0.1) is 5.41 Å². The quantitative estimate of drug-likeness (QED) is 0.840. The molecule has 0 spiro atoms. The molecule has 2 N–H and O–H groups in total. The molecule has 0 aliphatic carbocycles. The van der Waals surface area contributed by atoms with Crippen LogP contribution in [0.1, 0.15) is 18.5 Å². The summed E-state index contributed by atoms with van der Waals surface area (Å²) in [5.41, 5.74) is -0.145. The SMILES string of the molecule is COc1ccnc(CC2(C(=O)O)CCNCC2)c1OC. The highest BCUT2D eigenvalue weighted by molar-refractivity contribution is 5.75. The van der Waals surface area contributed by atoms with Gasteiger partial charge in [0, 0.05) is 18.7 Å². The topological polar surface area (TPSA) is 80.7 Å². The van der Waals surface area contributed by atoms with Gasteiger partial charge in [0.2, 0.25) is 0 Å². The smallest absolute Gasteiger partial charge is 0.310 e. The fraction of sp³-hybridized carbons (Fsp3) is 0.571. The first-order valence-corrected chi connectivity index (χ1v) is 6.63. The molecule has 2 heterocycles. The summed E-state index contributed by atoms with van der Waals surface area (Å²) in [6, 6.07) is 1.71. The molecule has 2 rings (SSSR count). The van der Waals surface area contributed by atoms with Crippen LogP contribution in [0.4, 0.5) is 0 Å². The molecule has 0 saturated carbocycles. The van der Waals surface area contributed by atoms with Crippen LogP contribution in [-0.2, 0) is 11.2 Å². The van der Waals surface area contributed by atoms with Crippen molar-refractivity contribution >= 4 is 5.97 Å². The molecule has 0 amide bonds. The zero-order chi connectivity index (χ0) is 14.6. The zero-order valence-electron chi connectivity index (χ0n) is 11.8. The van der Waals surface area contributed by atoms with Gasteiger partial charge in [0.1, 0.15) is 0 Å². The van der Waals surface area contributed by atoms with Gasteiger partial charge in [-0.1, -0.05) is 0 Å². The fourth-order valence-electron chi connectivity index (χ4n) is 2.67. The molecule has 1 aromatic heterocycles. The van der Waals surface area contributed by atoms with Gasteiger partial charge in [-0.15, -0.1) is 0 Å². The van der Waals surface area contributed by atoms with Gasteiger partial charge in [-0.25, -0.2) is 0 Å². The number of carboxylic acid groups (broad SMARTS) is 1. The molecule has 6 heteroatoms. The van der Waals surface area contributed by atoms with Crippen molar-refractivity contribution in [3.8, 4) is 11.5 Å². The fourth-order valence-corrected chi connectivity index (χ4v) is 2.67. The number of piperidine rings is 1. The highest BCUT2D eigenvalue weighted by Gasteiger charge is 2.41. The summed E-state index contributed by atoms with van der Waals surface area (Å²) < 4.78 is 10.6. The summed E-state index contributed by atoms with van der Waals surface area (Å²) in [6.07, 6.45) is 3.15. The monoisotopic (exact) mass is 280 g/mol. The summed E-state index contributed by atoms with van der Waals surface area (Å²) >= 11 is 0. The van der Waals surface area contributed by atoms with Crippen LogP contribution in [-0.4, -0.2) is 43.4 Å². The number of aromatic nitrogens is 1. The molecule has 0 bridgehead atoms. The van der Waals surface area contributed by atoms with E-state index in [1.807, 2.05) is 0 Å². The Kier molecular flexibility index (Phi) is 4.44. The molecule has 0 radical (unpaired) electrons. The van der Waals surface area contributed by atoms with E-state index in [9.17, 15) is 9.90 Å². The number of aliphatic carboxylic acids is 1. The Bertz CT molecular complexity index is 484. The number of nitrogens with one attached hydrogen (secondary N) is 1. The molecule has 110 valence electrons. The maximum absolute atomic E-state index is 11.7. The summed E-state index contributed by atoms with van der Waals surface area (Å²) in [5.74, 6) is 0.326. The molecule has 0 aromatic carbocycles. The third-order valence-corrected chi connectivity index (χ3v) is 3.89. The second-order valence-corrected chi connectivity index (χ2v) is 5.01. The lowest BCUT2D eigenvalue weighted by molar-refractivity contribution is -0.150. The van der Waals surface area contributed by atoms with E-state index in [2.05, 4.69) is 10.3 Å². The molecular weight excluding hydrogens is 260 g/mol. The number of methoxy groups -OCH3 is 2. The number of hydrogen-bond acceptors (Lipinski definition) is 5. The van der Waals surface area contributed by atoms with Gasteiger partial charge in [0.15, 0.2) is 11.5 Å². The Hall–Kier alpha value is -1.82. The van der Waals surface area contributed by atoms with Crippen LogP contribution < -0.4 is 14.8 Å². The number of carboxylic acids is 1. The van der Waals surface area contributed by atoms with E-state index in [1.54, 1.807) is 26.5 Å². The average molecular weight is 280 g/mol. The third-order valence-electron chi connectivity index (χ3n) is 3.89. The van der Waals surface area contributed by atoms with Gasteiger partial charge in [-0.3, -0.25) is 9.78 Å². The van der Waals surface area contributed by atoms with Gasteiger partial charge in [0.25, 0.3) is 0 Å². The highest BCUT2D eigenvalue weighted by atomic mass is 16.5. The van der Waals surface area contributed by atoms with E-state index in [-0.39, 0.29) is 0 Å². The van der Waals surface area contributed by atoms with E-state index >= 15 is 0 Å². The third kappa shape index (κ3) is 2.70. The van der Waals surface area contributed by atoms with Crippen LogP contribution in [0.2, 0.25) is 0 Å². The summed E-state index contributed by atoms with van der Waals surface area (Å²) in [5, 5.41) is 12.8. The molecule has 0 atom stereocenters. The average Bonchev–Trinajstić information content (AvgIpc) is 2.47. The Morgan fingerprint density at radius 1 is 1.40 bits per heavy atom. The number of ether oxygens (including phenoxy) is 2. The van der Waals surface area contributed by atoms with Crippen molar-refractivity contribution in [1.82, 2.24) is 10.3 Å². The molecule has 1 aromatic rings. The predicted molar refractivity (Wildman–Crippen MR) is 73.2 cm³/mol. The second-order valence-electron chi connectivity index (χ2n) is 5.01. The van der Waals surface area contributed by atoms with Crippen LogP contribution in [0.15, 0.2) is 12.3 Å². The minimum absolute atomic E-state index is 0.352. The highest BCUT2D eigenvalue weighted by Crippen LogP contribution is 2.38. The number of carbonyl (C=O) groups is 1. The number of pyridine rings is 1. The summed E-state index contributed by atoms with van der Waals surface area (Å²) in [4.78, 5) is 16.0. The first kappa shape index (κ1) is 14.6. The first-order valence-electron chi connectivity index (χ1n) is 6.63. The van der Waals surface area contributed by atoms with Gasteiger partial charge < -0.3 is 19.9 Å². The van der Waals surface area contributed by atoms with Gasteiger partial charge in [-0.2, -0.15) is 0 Å². The van der Waals surface area contributed by atoms with Crippen LogP contribution in [0.3, 0.4) is 0 Å². The predicted octanol–water partition coefficient (Wildman–Crippen LogP) is 1.10. The van der Waals surface area contributed by atoms with Crippen molar-refractivity contribution in [2.45, 2.75) is 19.3 Å². The van der Waals surface area contributed by atoms with Crippen molar-refractivity contribution < 1.29 is 19.4 Å². The number of rotatable bonds is 5.